The van der Waals surface area contributed by atoms with Crippen molar-refractivity contribution in [3.8, 4) is 0 Å². The van der Waals surface area contributed by atoms with Gasteiger partial charge in [-0.3, -0.25) is 19.2 Å². The van der Waals surface area contributed by atoms with Crippen LogP contribution in [-0.4, -0.2) is 55.2 Å². The van der Waals surface area contributed by atoms with Gasteiger partial charge < -0.3 is 4.74 Å². The van der Waals surface area contributed by atoms with E-state index < -0.39 is 11.7 Å². The number of carbonyl (C=O) groups is 2. The third-order valence-corrected chi connectivity index (χ3v) is 3.13. The largest absolute Gasteiger partial charge is 0.379 e. The Morgan fingerprint density at radius 1 is 1.35 bits per heavy atom. The average Bonchev–Trinajstić information content (AvgIpc) is 2.29. The van der Waals surface area contributed by atoms with Gasteiger partial charge in [0.25, 0.3) is 5.91 Å². The molecule has 1 amide bonds. The minimum Gasteiger partial charge on any atom is -0.379 e. The molecule has 17 heavy (non-hydrogen) atoms. The smallest absolute Gasteiger partial charge is 0.296 e. The number of ether oxygens (including phenoxy) is 1. The van der Waals surface area contributed by atoms with Gasteiger partial charge in [0.05, 0.1) is 13.2 Å². The first-order valence-electron chi connectivity index (χ1n) is 5.43. The maximum atomic E-state index is 10.9. The fraction of sp³-hybridized carbons (Fsp3) is 0.800. The first-order valence-corrected chi connectivity index (χ1v) is 6.41. The minimum absolute atomic E-state index is 0. The highest BCUT2D eigenvalue weighted by Crippen LogP contribution is 2.02. The van der Waals surface area contributed by atoms with Crippen molar-refractivity contribution < 1.29 is 14.3 Å². The molecule has 0 aromatic carbocycles. The Morgan fingerprint density at radius 2 is 2.00 bits per heavy atom. The predicted octanol–water partition coefficient (Wildman–Crippen LogP) is 0.484. The first-order chi connectivity index (χ1) is 7.70. The van der Waals surface area contributed by atoms with Crippen LogP contribution in [0, 0.1) is 0 Å². The van der Waals surface area contributed by atoms with Gasteiger partial charge in [-0.15, -0.1) is 12.4 Å². The third kappa shape index (κ3) is 7.59. The lowest BCUT2D eigenvalue weighted by Crippen LogP contribution is -2.37. The van der Waals surface area contributed by atoms with Gasteiger partial charge >= 0.3 is 0 Å². The van der Waals surface area contributed by atoms with Crippen LogP contribution in [-0.2, 0) is 14.3 Å². The van der Waals surface area contributed by atoms with Crippen molar-refractivity contribution in [2.75, 3.05) is 38.6 Å². The van der Waals surface area contributed by atoms with Gasteiger partial charge in [-0.25, -0.2) is 0 Å². The lowest BCUT2D eigenvalue weighted by molar-refractivity contribution is -0.135. The maximum absolute atomic E-state index is 10.9. The second kappa shape index (κ2) is 9.70. The number of amides is 1. The quantitative estimate of drug-likeness (QED) is 0.436. The van der Waals surface area contributed by atoms with Crippen molar-refractivity contribution >= 4 is 36.0 Å². The van der Waals surface area contributed by atoms with Crippen molar-refractivity contribution in [1.82, 2.24) is 9.62 Å². The SMILES string of the molecule is CC(=O)C(=O)NSCCCN1CCOCC1.Cl. The van der Waals surface area contributed by atoms with Crippen LogP contribution in [0.2, 0.25) is 0 Å². The standard InChI is InChI=1S/C10H18N2O3S.ClH/c1-9(13)10(14)11-16-8-2-3-12-4-6-15-7-5-12;/h2-8H2,1H3,(H,11,14);1H. The Morgan fingerprint density at radius 3 is 2.59 bits per heavy atom. The van der Waals surface area contributed by atoms with Gasteiger partial charge in [-0.1, -0.05) is 11.9 Å². The van der Waals surface area contributed by atoms with E-state index in [1.54, 1.807) is 0 Å². The Kier molecular flexibility index (Phi) is 9.53. The highest BCUT2D eigenvalue weighted by molar-refractivity contribution is 7.98. The third-order valence-electron chi connectivity index (χ3n) is 2.31. The van der Waals surface area contributed by atoms with E-state index in [-0.39, 0.29) is 12.4 Å². The van der Waals surface area contributed by atoms with Gasteiger partial charge in [0.15, 0.2) is 0 Å². The molecule has 5 nitrogen and oxygen atoms in total. The summed E-state index contributed by atoms with van der Waals surface area (Å²) in [6.45, 7) is 5.90. The topological polar surface area (TPSA) is 58.6 Å². The first kappa shape index (κ1) is 16.7. The average molecular weight is 283 g/mol. The molecule has 0 bridgehead atoms. The number of Topliss-reactive ketones (excluding diaryl/α,β-unsaturated/α-hetero) is 1. The molecule has 0 aliphatic carbocycles. The zero-order valence-corrected chi connectivity index (χ0v) is 11.6. The molecule has 100 valence electrons. The fourth-order valence-electron chi connectivity index (χ4n) is 1.37. The fourth-order valence-corrected chi connectivity index (χ4v) is 2.02. The van der Waals surface area contributed by atoms with Crippen molar-refractivity contribution in [2.45, 2.75) is 13.3 Å². The predicted molar refractivity (Wildman–Crippen MR) is 70.4 cm³/mol. The summed E-state index contributed by atoms with van der Waals surface area (Å²) in [5.74, 6) is -0.131. The second-order valence-corrected chi connectivity index (χ2v) is 4.54. The van der Waals surface area contributed by atoms with Crippen LogP contribution in [0.15, 0.2) is 0 Å². The molecule has 0 saturated carbocycles. The number of halogens is 1. The van der Waals surface area contributed by atoms with Gasteiger partial charge in [0.2, 0.25) is 5.78 Å². The van der Waals surface area contributed by atoms with Crippen LogP contribution in [0.1, 0.15) is 13.3 Å². The Labute approximate surface area is 112 Å². The molecule has 1 aliphatic heterocycles. The highest BCUT2D eigenvalue weighted by Gasteiger charge is 2.10. The minimum atomic E-state index is -0.517. The molecule has 0 aromatic heterocycles. The molecule has 0 unspecified atom stereocenters. The zero-order valence-electron chi connectivity index (χ0n) is 9.94. The number of rotatable bonds is 6. The van der Waals surface area contributed by atoms with Gasteiger partial charge in [0, 0.05) is 25.8 Å². The second-order valence-electron chi connectivity index (χ2n) is 3.64. The summed E-state index contributed by atoms with van der Waals surface area (Å²) >= 11 is 1.30. The normalized spacial score (nSPS) is 16.1. The van der Waals surface area contributed by atoms with E-state index in [1.807, 2.05) is 0 Å². The zero-order chi connectivity index (χ0) is 11.8. The van der Waals surface area contributed by atoms with Crippen LogP contribution < -0.4 is 4.72 Å². The molecule has 1 fully saturated rings. The molecule has 0 aromatic rings. The number of nitrogens with zero attached hydrogens (tertiary/aromatic N) is 1. The molecule has 1 aliphatic rings. The molecule has 1 heterocycles. The number of hydrogen-bond donors (Lipinski definition) is 1. The molecule has 0 atom stereocenters. The summed E-state index contributed by atoms with van der Waals surface area (Å²) in [5, 5.41) is 0. The Bertz CT molecular complexity index is 248. The van der Waals surface area contributed by atoms with Crippen LogP contribution in [0.3, 0.4) is 0 Å². The number of nitrogens with one attached hydrogen (secondary N) is 1. The van der Waals surface area contributed by atoms with Gasteiger partial charge in [0.1, 0.15) is 0 Å². The Hall–Kier alpha value is -0.300. The van der Waals surface area contributed by atoms with Crippen LogP contribution in [0.4, 0.5) is 0 Å². The van der Waals surface area contributed by atoms with Crippen molar-refractivity contribution in [1.29, 1.82) is 0 Å². The summed E-state index contributed by atoms with van der Waals surface area (Å²) in [6.07, 6.45) is 1.00. The lowest BCUT2D eigenvalue weighted by atomic mass is 10.4. The number of carbonyl (C=O) groups excluding carboxylic acids is 2. The maximum Gasteiger partial charge on any atom is 0.296 e. The molecule has 1 saturated heterocycles. The molecule has 0 radical (unpaired) electrons. The number of morpholine rings is 1. The Balaban J connectivity index is 0.00000256. The van der Waals surface area contributed by atoms with Crippen molar-refractivity contribution in [3.05, 3.63) is 0 Å². The molecule has 1 N–H and O–H groups in total. The van der Waals surface area contributed by atoms with E-state index in [0.29, 0.717) is 0 Å². The monoisotopic (exact) mass is 282 g/mol. The summed E-state index contributed by atoms with van der Waals surface area (Å²) in [4.78, 5) is 23.9. The summed E-state index contributed by atoms with van der Waals surface area (Å²) in [5.41, 5.74) is 0. The van der Waals surface area contributed by atoms with Crippen LogP contribution in [0.25, 0.3) is 0 Å². The van der Waals surface area contributed by atoms with Crippen LogP contribution in [0.5, 0.6) is 0 Å². The lowest BCUT2D eigenvalue weighted by Gasteiger charge is -2.26. The van der Waals surface area contributed by atoms with E-state index in [2.05, 4.69) is 9.62 Å². The molecular weight excluding hydrogens is 264 g/mol. The van der Waals surface area contributed by atoms with Crippen LogP contribution >= 0.6 is 24.4 Å². The van der Waals surface area contributed by atoms with Crippen molar-refractivity contribution in [3.63, 3.8) is 0 Å². The summed E-state index contributed by atoms with van der Waals surface area (Å²) in [6, 6.07) is 0. The summed E-state index contributed by atoms with van der Waals surface area (Å²) in [7, 11) is 0. The molecule has 1 rings (SSSR count). The number of hydrogen-bond acceptors (Lipinski definition) is 5. The summed E-state index contributed by atoms with van der Waals surface area (Å²) < 4.78 is 7.75. The molecule has 7 heteroatoms. The van der Waals surface area contributed by atoms with E-state index in [4.69, 9.17) is 4.74 Å². The van der Waals surface area contributed by atoms with E-state index in [0.717, 1.165) is 45.0 Å². The van der Waals surface area contributed by atoms with E-state index >= 15 is 0 Å². The van der Waals surface area contributed by atoms with E-state index in [1.165, 1.54) is 18.9 Å². The van der Waals surface area contributed by atoms with Crippen molar-refractivity contribution in [2.24, 2.45) is 0 Å². The van der Waals surface area contributed by atoms with Gasteiger partial charge in [-0.2, -0.15) is 0 Å². The van der Waals surface area contributed by atoms with E-state index in [9.17, 15) is 9.59 Å². The van der Waals surface area contributed by atoms with Gasteiger partial charge in [-0.05, 0) is 13.0 Å². The number of ketones is 1. The molecule has 0 spiro atoms. The molecular formula is C10H19ClN2O3S. The highest BCUT2D eigenvalue weighted by atomic mass is 35.5.